The van der Waals surface area contributed by atoms with Crippen molar-refractivity contribution < 1.29 is 9.47 Å². The van der Waals surface area contributed by atoms with Crippen molar-refractivity contribution in [2.24, 2.45) is 0 Å². The zero-order valence-corrected chi connectivity index (χ0v) is 13.4. The number of halogens is 1. The predicted octanol–water partition coefficient (Wildman–Crippen LogP) is 3.86. The molecule has 3 aromatic rings. The molecule has 0 atom stereocenters. The molecule has 0 bridgehead atoms. The molecule has 1 aromatic carbocycles. The average molecular weight is 347 g/mol. The van der Waals surface area contributed by atoms with E-state index in [0.29, 0.717) is 18.0 Å². The monoisotopic (exact) mass is 346 g/mol. The van der Waals surface area contributed by atoms with Crippen LogP contribution in [-0.4, -0.2) is 23.8 Å². The van der Waals surface area contributed by atoms with Crippen LogP contribution >= 0.6 is 15.9 Å². The summed E-state index contributed by atoms with van der Waals surface area (Å²) >= 11 is 3.49. The van der Waals surface area contributed by atoms with Gasteiger partial charge in [0.15, 0.2) is 11.5 Å². The van der Waals surface area contributed by atoms with Crippen molar-refractivity contribution in [3.05, 3.63) is 52.9 Å². The standard InChI is InChI=1S/C16H15BrN2O2/c1-20-15-5-7-18-13(16(15)21-2)10-19-8-6-11-9-12(17)3-4-14(11)19/h3-9H,10H2,1-2H3. The van der Waals surface area contributed by atoms with Crippen LogP contribution in [-0.2, 0) is 6.54 Å². The fourth-order valence-electron chi connectivity index (χ4n) is 2.43. The molecule has 0 radical (unpaired) electrons. The minimum absolute atomic E-state index is 0.630. The summed E-state index contributed by atoms with van der Waals surface area (Å²) in [4.78, 5) is 4.42. The van der Waals surface area contributed by atoms with Crippen molar-refractivity contribution in [2.45, 2.75) is 6.54 Å². The Labute approximate surface area is 131 Å². The maximum atomic E-state index is 5.44. The van der Waals surface area contributed by atoms with Crippen LogP contribution in [0.4, 0.5) is 0 Å². The largest absolute Gasteiger partial charge is 0.493 e. The summed E-state index contributed by atoms with van der Waals surface area (Å²) in [6, 6.07) is 10.1. The van der Waals surface area contributed by atoms with Crippen molar-refractivity contribution in [1.82, 2.24) is 9.55 Å². The second-order valence-corrected chi connectivity index (χ2v) is 5.56. The number of benzene rings is 1. The topological polar surface area (TPSA) is 36.3 Å². The minimum Gasteiger partial charge on any atom is -0.493 e. The van der Waals surface area contributed by atoms with Crippen molar-refractivity contribution >= 4 is 26.8 Å². The summed E-state index contributed by atoms with van der Waals surface area (Å²) in [7, 11) is 3.26. The van der Waals surface area contributed by atoms with Gasteiger partial charge in [-0.1, -0.05) is 15.9 Å². The van der Waals surface area contributed by atoms with Gasteiger partial charge >= 0.3 is 0 Å². The molecule has 2 aromatic heterocycles. The van der Waals surface area contributed by atoms with Crippen LogP contribution in [0, 0.1) is 0 Å². The summed E-state index contributed by atoms with van der Waals surface area (Å²) in [6.07, 6.45) is 3.79. The van der Waals surface area contributed by atoms with Gasteiger partial charge in [-0.25, -0.2) is 0 Å². The molecule has 3 rings (SSSR count). The van der Waals surface area contributed by atoms with Gasteiger partial charge in [-0.05, 0) is 24.3 Å². The maximum absolute atomic E-state index is 5.44. The van der Waals surface area contributed by atoms with Crippen LogP contribution in [0.3, 0.4) is 0 Å². The number of methoxy groups -OCH3 is 2. The van der Waals surface area contributed by atoms with Gasteiger partial charge in [0, 0.05) is 33.8 Å². The van der Waals surface area contributed by atoms with E-state index < -0.39 is 0 Å². The molecule has 2 heterocycles. The third-order valence-corrected chi connectivity index (χ3v) is 3.91. The molecule has 0 saturated heterocycles. The Kier molecular flexibility index (Phi) is 3.84. The van der Waals surface area contributed by atoms with E-state index in [2.05, 4.69) is 49.9 Å². The van der Waals surface area contributed by atoms with Gasteiger partial charge in [0.2, 0.25) is 0 Å². The number of nitrogens with zero attached hydrogens (tertiary/aromatic N) is 2. The van der Waals surface area contributed by atoms with E-state index in [4.69, 9.17) is 9.47 Å². The van der Waals surface area contributed by atoms with Crippen LogP contribution in [0.2, 0.25) is 0 Å². The zero-order chi connectivity index (χ0) is 14.8. The van der Waals surface area contributed by atoms with Gasteiger partial charge in [-0.2, -0.15) is 0 Å². The molecule has 0 unspecified atom stereocenters. The Hall–Kier alpha value is -2.01. The molecular formula is C16H15BrN2O2. The Morgan fingerprint density at radius 1 is 1.14 bits per heavy atom. The molecule has 0 aliphatic carbocycles. The molecule has 0 fully saturated rings. The third kappa shape index (κ3) is 2.61. The van der Waals surface area contributed by atoms with Gasteiger partial charge in [-0.15, -0.1) is 0 Å². The smallest absolute Gasteiger partial charge is 0.184 e. The lowest BCUT2D eigenvalue weighted by Gasteiger charge is -2.12. The van der Waals surface area contributed by atoms with Crippen molar-refractivity contribution in [3.8, 4) is 11.5 Å². The van der Waals surface area contributed by atoms with E-state index >= 15 is 0 Å². The molecule has 0 aliphatic rings. The lowest BCUT2D eigenvalue weighted by molar-refractivity contribution is 0.348. The highest BCUT2D eigenvalue weighted by molar-refractivity contribution is 9.10. The highest BCUT2D eigenvalue weighted by Gasteiger charge is 2.12. The number of rotatable bonds is 4. The molecule has 0 saturated carbocycles. The maximum Gasteiger partial charge on any atom is 0.184 e. The summed E-state index contributed by atoms with van der Waals surface area (Å²) in [6.45, 7) is 0.630. The van der Waals surface area contributed by atoms with E-state index in [1.807, 2.05) is 6.07 Å². The van der Waals surface area contributed by atoms with E-state index in [1.54, 1.807) is 26.5 Å². The van der Waals surface area contributed by atoms with Crippen molar-refractivity contribution in [3.63, 3.8) is 0 Å². The Morgan fingerprint density at radius 2 is 2.00 bits per heavy atom. The van der Waals surface area contributed by atoms with Crippen molar-refractivity contribution in [2.75, 3.05) is 14.2 Å². The number of hydrogen-bond donors (Lipinski definition) is 0. The first-order chi connectivity index (χ1) is 10.2. The molecule has 4 nitrogen and oxygen atoms in total. The van der Waals surface area contributed by atoms with E-state index in [9.17, 15) is 0 Å². The van der Waals surface area contributed by atoms with Crippen LogP contribution < -0.4 is 9.47 Å². The first kappa shape index (κ1) is 13.9. The Bertz CT molecular complexity index is 783. The Balaban J connectivity index is 2.03. The van der Waals surface area contributed by atoms with Crippen LogP contribution in [0.25, 0.3) is 10.9 Å². The predicted molar refractivity (Wildman–Crippen MR) is 86.1 cm³/mol. The molecule has 21 heavy (non-hydrogen) atoms. The normalized spacial score (nSPS) is 10.8. The molecule has 0 N–H and O–H groups in total. The zero-order valence-electron chi connectivity index (χ0n) is 11.8. The fourth-order valence-corrected chi connectivity index (χ4v) is 2.81. The highest BCUT2D eigenvalue weighted by Crippen LogP contribution is 2.30. The highest BCUT2D eigenvalue weighted by atomic mass is 79.9. The summed E-state index contributed by atoms with van der Waals surface area (Å²) in [5, 5.41) is 1.19. The first-order valence-electron chi connectivity index (χ1n) is 6.53. The number of fused-ring (bicyclic) bond motifs is 1. The van der Waals surface area contributed by atoms with Gasteiger partial charge in [-0.3, -0.25) is 4.98 Å². The van der Waals surface area contributed by atoms with E-state index in [0.717, 1.165) is 15.7 Å². The summed E-state index contributed by atoms with van der Waals surface area (Å²) < 4.78 is 14.0. The number of ether oxygens (including phenoxy) is 2. The fraction of sp³-hybridized carbons (Fsp3) is 0.188. The molecule has 5 heteroatoms. The van der Waals surface area contributed by atoms with Gasteiger partial charge in [0.05, 0.1) is 20.8 Å². The summed E-state index contributed by atoms with van der Waals surface area (Å²) in [5.41, 5.74) is 2.00. The van der Waals surface area contributed by atoms with Crippen LogP contribution in [0.15, 0.2) is 47.2 Å². The summed E-state index contributed by atoms with van der Waals surface area (Å²) in [5.74, 6) is 1.38. The second-order valence-electron chi connectivity index (χ2n) is 4.64. The number of aromatic nitrogens is 2. The SMILES string of the molecule is COc1ccnc(Cn2ccc3cc(Br)ccc32)c1OC. The second kappa shape index (κ2) is 5.77. The Morgan fingerprint density at radius 3 is 2.76 bits per heavy atom. The van der Waals surface area contributed by atoms with Gasteiger partial charge < -0.3 is 14.0 Å². The van der Waals surface area contributed by atoms with Gasteiger partial charge in [0.25, 0.3) is 0 Å². The third-order valence-electron chi connectivity index (χ3n) is 3.42. The van der Waals surface area contributed by atoms with Gasteiger partial charge in [0.1, 0.15) is 5.69 Å². The molecule has 0 spiro atoms. The molecule has 0 aliphatic heterocycles. The number of hydrogen-bond acceptors (Lipinski definition) is 3. The average Bonchev–Trinajstić information content (AvgIpc) is 2.89. The molecule has 108 valence electrons. The molecule has 0 amide bonds. The first-order valence-corrected chi connectivity index (χ1v) is 7.32. The van der Waals surface area contributed by atoms with Crippen LogP contribution in [0.1, 0.15) is 5.69 Å². The van der Waals surface area contributed by atoms with Crippen LogP contribution in [0.5, 0.6) is 11.5 Å². The van der Waals surface area contributed by atoms with Crippen molar-refractivity contribution in [1.29, 1.82) is 0 Å². The quantitative estimate of drug-likeness (QED) is 0.719. The lowest BCUT2D eigenvalue weighted by atomic mass is 10.2. The minimum atomic E-state index is 0.630. The van der Waals surface area contributed by atoms with E-state index in [-0.39, 0.29) is 0 Å². The van der Waals surface area contributed by atoms with E-state index in [1.165, 1.54) is 5.39 Å². The molecular weight excluding hydrogens is 332 g/mol. The lowest BCUT2D eigenvalue weighted by Crippen LogP contribution is -2.04. The number of pyridine rings is 1.